The van der Waals surface area contributed by atoms with Gasteiger partial charge in [-0.15, -0.1) is 0 Å². The molecule has 0 aromatic heterocycles. The number of allylic oxidation sites excluding steroid dienone is 4. The van der Waals surface area contributed by atoms with E-state index in [9.17, 15) is 0 Å². The predicted molar refractivity (Wildman–Crippen MR) is 130 cm³/mol. The van der Waals surface area contributed by atoms with E-state index >= 15 is 0 Å². The third-order valence-corrected chi connectivity index (χ3v) is 6.59. The third-order valence-electron chi connectivity index (χ3n) is 5.83. The number of nitrogens with one attached hydrogen (secondary N) is 1. The van der Waals surface area contributed by atoms with Crippen LogP contribution in [0.1, 0.15) is 38.7 Å². The van der Waals surface area contributed by atoms with Crippen LogP contribution in [-0.2, 0) is 0 Å². The molecule has 1 N–H and O–H groups in total. The summed E-state index contributed by atoms with van der Waals surface area (Å²) in [5, 5.41) is 3.33. The molecule has 0 spiro atoms. The summed E-state index contributed by atoms with van der Waals surface area (Å²) in [6, 6.07) is 6.60. The van der Waals surface area contributed by atoms with Gasteiger partial charge in [0.1, 0.15) is 0 Å². The van der Waals surface area contributed by atoms with Crippen molar-refractivity contribution >= 4 is 44.9 Å². The Balaban J connectivity index is 2.00. The lowest BCUT2D eigenvalue weighted by Gasteiger charge is -2.34. The monoisotopic (exact) mass is 456 g/mol. The average Bonchev–Trinajstić information content (AvgIpc) is 2.99. The zero-order chi connectivity index (χ0) is 20.1. The van der Waals surface area contributed by atoms with Gasteiger partial charge in [-0.2, -0.15) is 0 Å². The van der Waals surface area contributed by atoms with E-state index in [2.05, 4.69) is 88.6 Å². The molecule has 2 aliphatic rings. The molecule has 1 aromatic carbocycles. The molecule has 4 heteroatoms. The summed E-state index contributed by atoms with van der Waals surface area (Å²) >= 11 is 8.97. The number of thiocarbonyl (C=S) groups is 1. The van der Waals surface area contributed by atoms with Crippen LogP contribution in [0.5, 0.6) is 0 Å². The van der Waals surface area contributed by atoms with Crippen molar-refractivity contribution in [3.05, 3.63) is 69.8 Å². The fraction of sp³-hybridized carbons (Fsp3) is 0.375. The van der Waals surface area contributed by atoms with Crippen LogP contribution in [0.2, 0.25) is 0 Å². The Hall–Kier alpha value is -1.65. The van der Waals surface area contributed by atoms with Crippen molar-refractivity contribution in [2.45, 2.75) is 39.2 Å². The summed E-state index contributed by atoms with van der Waals surface area (Å²) in [6.45, 7) is 5.50. The fourth-order valence-corrected chi connectivity index (χ4v) is 4.47. The van der Waals surface area contributed by atoms with Crippen molar-refractivity contribution in [2.75, 3.05) is 18.9 Å². The van der Waals surface area contributed by atoms with Gasteiger partial charge in [-0.1, -0.05) is 77.9 Å². The molecule has 2 atom stereocenters. The first kappa shape index (κ1) is 21.1. The highest BCUT2D eigenvalue weighted by Gasteiger charge is 2.24. The second kappa shape index (κ2) is 9.71. The van der Waals surface area contributed by atoms with E-state index < -0.39 is 0 Å². The molecule has 0 radical (unpaired) electrons. The van der Waals surface area contributed by atoms with Crippen LogP contribution >= 0.6 is 28.1 Å². The SMILES string of the molecule is CCC(C)C1=CC=C(C2C=C(c3cc(Br)ccc3NC)CCN2C=S)C=CC1. The fourth-order valence-electron chi connectivity index (χ4n) is 3.87. The Morgan fingerprint density at radius 1 is 1.36 bits per heavy atom. The van der Waals surface area contributed by atoms with Crippen molar-refractivity contribution in [3.63, 3.8) is 0 Å². The van der Waals surface area contributed by atoms with Crippen LogP contribution < -0.4 is 5.32 Å². The second-order valence-corrected chi connectivity index (χ2v) is 8.62. The second-order valence-electron chi connectivity index (χ2n) is 7.49. The Morgan fingerprint density at radius 2 is 2.18 bits per heavy atom. The summed E-state index contributed by atoms with van der Waals surface area (Å²) in [4.78, 5) is 2.27. The number of nitrogens with zero attached hydrogens (tertiary/aromatic N) is 1. The van der Waals surface area contributed by atoms with Gasteiger partial charge in [-0.25, -0.2) is 0 Å². The summed E-state index contributed by atoms with van der Waals surface area (Å²) in [5.74, 6) is 0.624. The van der Waals surface area contributed by atoms with Gasteiger partial charge < -0.3 is 10.2 Å². The first-order chi connectivity index (χ1) is 13.6. The number of hydrogen-bond acceptors (Lipinski definition) is 2. The largest absolute Gasteiger partial charge is 0.388 e. The quantitative estimate of drug-likeness (QED) is 0.475. The maximum Gasteiger partial charge on any atom is 0.0734 e. The zero-order valence-corrected chi connectivity index (χ0v) is 19.3. The average molecular weight is 457 g/mol. The van der Waals surface area contributed by atoms with E-state index in [4.69, 9.17) is 12.2 Å². The Morgan fingerprint density at radius 3 is 2.89 bits per heavy atom. The molecule has 3 rings (SSSR count). The molecule has 1 aliphatic heterocycles. The number of anilines is 1. The molecular weight excluding hydrogens is 428 g/mol. The molecule has 0 bridgehead atoms. The highest BCUT2D eigenvalue weighted by Crippen LogP contribution is 2.34. The molecule has 148 valence electrons. The lowest BCUT2D eigenvalue weighted by molar-refractivity contribution is 0.408. The highest BCUT2D eigenvalue weighted by atomic mass is 79.9. The minimum absolute atomic E-state index is 0.175. The molecule has 0 fully saturated rings. The van der Waals surface area contributed by atoms with Crippen molar-refractivity contribution in [3.8, 4) is 0 Å². The van der Waals surface area contributed by atoms with Crippen molar-refractivity contribution < 1.29 is 0 Å². The molecule has 2 unspecified atom stereocenters. The van der Waals surface area contributed by atoms with Crippen molar-refractivity contribution in [1.82, 2.24) is 4.90 Å². The van der Waals surface area contributed by atoms with E-state index in [1.54, 1.807) is 0 Å². The molecule has 2 nitrogen and oxygen atoms in total. The molecule has 1 heterocycles. The van der Waals surface area contributed by atoms with E-state index in [1.807, 2.05) is 12.5 Å². The van der Waals surface area contributed by atoms with Gasteiger partial charge in [0.25, 0.3) is 0 Å². The van der Waals surface area contributed by atoms with Crippen LogP contribution in [0, 0.1) is 5.92 Å². The van der Waals surface area contributed by atoms with E-state index in [0.717, 1.165) is 29.5 Å². The van der Waals surface area contributed by atoms with Gasteiger partial charge in [-0.3, -0.25) is 0 Å². The first-order valence-electron chi connectivity index (χ1n) is 10.0. The van der Waals surface area contributed by atoms with E-state index in [-0.39, 0.29) is 6.04 Å². The molecule has 0 saturated heterocycles. The smallest absolute Gasteiger partial charge is 0.0734 e. The van der Waals surface area contributed by atoms with Crippen LogP contribution in [0.4, 0.5) is 5.69 Å². The van der Waals surface area contributed by atoms with Gasteiger partial charge in [0, 0.05) is 29.3 Å². The van der Waals surface area contributed by atoms with E-state index in [1.165, 1.54) is 28.7 Å². The normalized spacial score (nSPS) is 20.6. The van der Waals surface area contributed by atoms with Crippen LogP contribution in [0.25, 0.3) is 5.57 Å². The van der Waals surface area contributed by atoms with Crippen molar-refractivity contribution in [2.24, 2.45) is 5.92 Å². The minimum atomic E-state index is 0.175. The van der Waals surface area contributed by atoms with Gasteiger partial charge in [-0.05, 0) is 54.5 Å². The maximum absolute atomic E-state index is 5.35. The van der Waals surface area contributed by atoms with Crippen molar-refractivity contribution in [1.29, 1.82) is 0 Å². The summed E-state index contributed by atoms with van der Waals surface area (Å²) in [6.07, 6.45) is 14.8. The Bertz CT molecular complexity index is 850. The Labute approximate surface area is 183 Å². The predicted octanol–water partition coefficient (Wildman–Crippen LogP) is 6.76. The summed E-state index contributed by atoms with van der Waals surface area (Å²) in [5.41, 5.74) is 8.42. The van der Waals surface area contributed by atoms with Crippen LogP contribution in [-0.4, -0.2) is 30.0 Å². The highest BCUT2D eigenvalue weighted by molar-refractivity contribution is 9.10. The van der Waals surface area contributed by atoms with E-state index in [0.29, 0.717) is 5.92 Å². The number of rotatable bonds is 6. The number of halogens is 1. The molecule has 28 heavy (non-hydrogen) atoms. The van der Waals surface area contributed by atoms with Crippen LogP contribution in [0.3, 0.4) is 0 Å². The number of benzene rings is 1. The first-order valence-corrected chi connectivity index (χ1v) is 11.3. The minimum Gasteiger partial charge on any atom is -0.388 e. The molecule has 1 aliphatic carbocycles. The molecule has 0 saturated carbocycles. The maximum atomic E-state index is 5.35. The summed E-state index contributed by atoms with van der Waals surface area (Å²) < 4.78 is 1.10. The molecule has 0 amide bonds. The number of hydrogen-bond donors (Lipinski definition) is 1. The van der Waals surface area contributed by atoms with Gasteiger partial charge >= 0.3 is 0 Å². The summed E-state index contributed by atoms with van der Waals surface area (Å²) in [7, 11) is 1.98. The van der Waals surface area contributed by atoms with Crippen LogP contribution in [0.15, 0.2) is 64.2 Å². The zero-order valence-electron chi connectivity index (χ0n) is 16.9. The standard InChI is InChI=1S/C24H29BrN2S/c1-4-17(2)18-6-5-7-19(9-8-18)24-14-20(12-13-27(24)16-28)22-15-21(25)10-11-23(22)26-3/h5,7-11,14-17,24,26H,4,6,12-13H2,1-3H3. The lowest BCUT2D eigenvalue weighted by atomic mass is 9.91. The molecule has 1 aromatic rings. The third kappa shape index (κ3) is 4.66. The van der Waals surface area contributed by atoms with Gasteiger partial charge in [0.15, 0.2) is 0 Å². The molecular formula is C24H29BrN2S. The van der Waals surface area contributed by atoms with Gasteiger partial charge in [0.2, 0.25) is 0 Å². The topological polar surface area (TPSA) is 15.3 Å². The van der Waals surface area contributed by atoms with Gasteiger partial charge in [0.05, 0.1) is 11.5 Å². The lowest BCUT2D eigenvalue weighted by Crippen LogP contribution is -2.37. The Kier molecular flexibility index (Phi) is 7.30.